The van der Waals surface area contributed by atoms with E-state index in [0.29, 0.717) is 11.7 Å². The molecule has 2 rings (SSSR count). The Labute approximate surface area is 114 Å². The van der Waals surface area contributed by atoms with E-state index in [-0.39, 0.29) is 0 Å². The van der Waals surface area contributed by atoms with E-state index in [2.05, 4.69) is 31.2 Å². The molecule has 0 radical (unpaired) electrons. The quantitative estimate of drug-likeness (QED) is 0.831. The summed E-state index contributed by atoms with van der Waals surface area (Å²) in [5.74, 6) is 1.87. The van der Waals surface area contributed by atoms with Gasteiger partial charge in [0.2, 0.25) is 5.91 Å². The first-order valence-corrected chi connectivity index (χ1v) is 7.83. The van der Waals surface area contributed by atoms with Crippen LogP contribution in [0, 0.1) is 6.92 Å². The Morgan fingerprint density at radius 1 is 1.22 bits per heavy atom. The second-order valence-electron chi connectivity index (χ2n) is 4.86. The third kappa shape index (κ3) is 3.77. The first kappa shape index (κ1) is 13.5. The monoisotopic (exact) mass is 263 g/mol. The van der Waals surface area contributed by atoms with Crippen LogP contribution in [0.4, 0.5) is 0 Å². The molecule has 0 unspecified atom stereocenters. The third-order valence-electron chi connectivity index (χ3n) is 3.45. The summed E-state index contributed by atoms with van der Waals surface area (Å²) in [7, 11) is 0. The Balaban J connectivity index is 1.75. The zero-order valence-electron chi connectivity index (χ0n) is 11.0. The fourth-order valence-electron chi connectivity index (χ4n) is 2.25. The molecule has 0 aromatic heterocycles. The molecule has 1 amide bonds. The molecule has 0 N–H and O–H groups in total. The maximum absolute atomic E-state index is 12.0. The smallest absolute Gasteiger partial charge is 0.232 e. The summed E-state index contributed by atoms with van der Waals surface area (Å²) < 4.78 is 0. The van der Waals surface area contributed by atoms with Gasteiger partial charge in [-0.05, 0) is 37.3 Å². The van der Waals surface area contributed by atoms with Crippen LogP contribution in [0.25, 0.3) is 0 Å². The number of benzene rings is 1. The molecule has 1 aromatic carbocycles. The summed E-state index contributed by atoms with van der Waals surface area (Å²) in [5, 5.41) is 0. The number of hydrogen-bond donors (Lipinski definition) is 0. The Hall–Kier alpha value is -0.960. The van der Waals surface area contributed by atoms with Crippen molar-refractivity contribution in [2.45, 2.75) is 31.9 Å². The van der Waals surface area contributed by atoms with Gasteiger partial charge in [0.25, 0.3) is 0 Å². The fourth-order valence-corrected chi connectivity index (χ4v) is 3.26. The second kappa shape index (κ2) is 6.83. The molecule has 1 aromatic rings. The van der Waals surface area contributed by atoms with Crippen molar-refractivity contribution >= 4 is 17.7 Å². The maximum atomic E-state index is 12.0. The Morgan fingerprint density at radius 2 is 1.94 bits per heavy atom. The van der Waals surface area contributed by atoms with E-state index in [9.17, 15) is 4.79 Å². The second-order valence-corrected chi connectivity index (χ2v) is 5.85. The number of hydrogen-bond acceptors (Lipinski definition) is 2. The van der Waals surface area contributed by atoms with Crippen LogP contribution in [0.1, 0.15) is 30.4 Å². The van der Waals surface area contributed by atoms with Gasteiger partial charge in [-0.15, -0.1) is 11.8 Å². The van der Waals surface area contributed by atoms with Gasteiger partial charge in [-0.2, -0.15) is 0 Å². The lowest BCUT2D eigenvalue weighted by molar-refractivity contribution is -0.129. The molecular formula is C15H21NOS. The Morgan fingerprint density at radius 3 is 2.67 bits per heavy atom. The van der Waals surface area contributed by atoms with Gasteiger partial charge in [0.05, 0.1) is 5.75 Å². The number of nitrogens with zero attached hydrogens (tertiary/aromatic N) is 1. The molecule has 18 heavy (non-hydrogen) atoms. The van der Waals surface area contributed by atoms with Crippen LogP contribution < -0.4 is 0 Å². The maximum Gasteiger partial charge on any atom is 0.232 e. The number of carbonyl (C=O) groups excluding carboxylic acids is 1. The molecule has 1 fully saturated rings. The van der Waals surface area contributed by atoms with E-state index in [1.54, 1.807) is 11.8 Å². The first-order valence-electron chi connectivity index (χ1n) is 6.67. The molecule has 0 saturated carbocycles. The summed E-state index contributed by atoms with van der Waals surface area (Å²) in [6, 6.07) is 8.40. The molecule has 1 aliphatic rings. The van der Waals surface area contributed by atoms with Crippen molar-refractivity contribution in [3.63, 3.8) is 0 Å². The van der Waals surface area contributed by atoms with Gasteiger partial charge in [0.15, 0.2) is 0 Å². The average Bonchev–Trinajstić information content (AvgIpc) is 2.42. The van der Waals surface area contributed by atoms with E-state index in [1.165, 1.54) is 30.4 Å². The van der Waals surface area contributed by atoms with Crippen LogP contribution in [0.5, 0.6) is 0 Å². The minimum absolute atomic E-state index is 0.313. The van der Waals surface area contributed by atoms with E-state index in [4.69, 9.17) is 0 Å². The van der Waals surface area contributed by atoms with Crippen molar-refractivity contribution in [3.8, 4) is 0 Å². The molecule has 1 aliphatic heterocycles. The lowest BCUT2D eigenvalue weighted by atomic mass is 10.1. The summed E-state index contributed by atoms with van der Waals surface area (Å²) in [5.41, 5.74) is 2.66. The molecule has 0 bridgehead atoms. The molecule has 2 nitrogen and oxygen atoms in total. The topological polar surface area (TPSA) is 20.3 Å². The van der Waals surface area contributed by atoms with Gasteiger partial charge < -0.3 is 4.90 Å². The van der Waals surface area contributed by atoms with Crippen molar-refractivity contribution in [1.82, 2.24) is 4.90 Å². The standard InChI is InChI=1S/C15H21NOS/c1-13-7-3-4-8-14(13)11-18-12-15(17)16-9-5-2-6-10-16/h3-4,7-8H,2,5-6,9-12H2,1H3. The van der Waals surface area contributed by atoms with Crippen LogP contribution >= 0.6 is 11.8 Å². The van der Waals surface area contributed by atoms with E-state index >= 15 is 0 Å². The number of rotatable bonds is 4. The van der Waals surface area contributed by atoms with Crippen molar-refractivity contribution in [2.24, 2.45) is 0 Å². The molecule has 0 atom stereocenters. The lowest BCUT2D eigenvalue weighted by Crippen LogP contribution is -2.36. The summed E-state index contributed by atoms with van der Waals surface area (Å²) in [6.07, 6.45) is 3.63. The largest absolute Gasteiger partial charge is 0.342 e. The number of likely N-dealkylation sites (tertiary alicyclic amines) is 1. The highest BCUT2D eigenvalue weighted by Crippen LogP contribution is 2.17. The third-order valence-corrected chi connectivity index (χ3v) is 4.42. The van der Waals surface area contributed by atoms with Crippen LogP contribution in [0.2, 0.25) is 0 Å². The van der Waals surface area contributed by atoms with Crippen LogP contribution in [-0.4, -0.2) is 29.6 Å². The predicted octanol–water partition coefficient (Wildman–Crippen LogP) is 3.24. The van der Waals surface area contributed by atoms with Gasteiger partial charge in [-0.1, -0.05) is 24.3 Å². The molecule has 0 spiro atoms. The number of thioether (sulfide) groups is 1. The number of carbonyl (C=O) groups is 1. The van der Waals surface area contributed by atoms with Gasteiger partial charge in [-0.3, -0.25) is 4.79 Å². The van der Waals surface area contributed by atoms with E-state index < -0.39 is 0 Å². The minimum Gasteiger partial charge on any atom is -0.342 e. The Kier molecular flexibility index (Phi) is 5.12. The number of piperidine rings is 1. The molecule has 0 aliphatic carbocycles. The van der Waals surface area contributed by atoms with Crippen molar-refractivity contribution in [1.29, 1.82) is 0 Å². The van der Waals surface area contributed by atoms with E-state index in [1.807, 2.05) is 4.90 Å². The summed E-state index contributed by atoms with van der Waals surface area (Å²) >= 11 is 1.73. The average molecular weight is 263 g/mol. The zero-order valence-corrected chi connectivity index (χ0v) is 11.8. The minimum atomic E-state index is 0.313. The molecule has 1 heterocycles. The molecule has 3 heteroatoms. The van der Waals surface area contributed by atoms with Gasteiger partial charge in [0, 0.05) is 18.8 Å². The van der Waals surface area contributed by atoms with Crippen LogP contribution in [0.3, 0.4) is 0 Å². The van der Waals surface area contributed by atoms with Gasteiger partial charge >= 0.3 is 0 Å². The summed E-state index contributed by atoms with van der Waals surface area (Å²) in [6.45, 7) is 4.05. The molecule has 98 valence electrons. The van der Waals surface area contributed by atoms with Crippen molar-refractivity contribution in [3.05, 3.63) is 35.4 Å². The highest BCUT2D eigenvalue weighted by molar-refractivity contribution is 7.99. The van der Waals surface area contributed by atoms with Gasteiger partial charge in [0.1, 0.15) is 0 Å². The lowest BCUT2D eigenvalue weighted by Gasteiger charge is -2.26. The number of amides is 1. The number of aryl methyl sites for hydroxylation is 1. The molecule has 1 saturated heterocycles. The van der Waals surface area contributed by atoms with Crippen molar-refractivity contribution < 1.29 is 4.79 Å². The van der Waals surface area contributed by atoms with Crippen LogP contribution in [-0.2, 0) is 10.5 Å². The first-order chi connectivity index (χ1) is 8.77. The van der Waals surface area contributed by atoms with Crippen LogP contribution in [0.15, 0.2) is 24.3 Å². The predicted molar refractivity (Wildman–Crippen MR) is 77.8 cm³/mol. The normalized spacial score (nSPS) is 15.7. The Bertz CT molecular complexity index is 399. The highest BCUT2D eigenvalue weighted by atomic mass is 32.2. The SMILES string of the molecule is Cc1ccccc1CSCC(=O)N1CCCCC1. The highest BCUT2D eigenvalue weighted by Gasteiger charge is 2.15. The van der Waals surface area contributed by atoms with Gasteiger partial charge in [-0.25, -0.2) is 0 Å². The fraction of sp³-hybridized carbons (Fsp3) is 0.533. The van der Waals surface area contributed by atoms with Crippen molar-refractivity contribution in [2.75, 3.05) is 18.8 Å². The molecular weight excluding hydrogens is 242 g/mol. The zero-order chi connectivity index (χ0) is 12.8. The summed E-state index contributed by atoms with van der Waals surface area (Å²) in [4.78, 5) is 14.0. The van der Waals surface area contributed by atoms with E-state index in [0.717, 1.165) is 18.8 Å².